The lowest BCUT2D eigenvalue weighted by Gasteiger charge is -2.15. The standard InChI is InChI=1S/C12H24N4O2/c1-3-13-12(14-6-9-18-2)15-10-11(17)16-7-4-5-8-16/h3-10H2,1-2H3,(H2,13,14,15). The summed E-state index contributed by atoms with van der Waals surface area (Å²) in [6.07, 6.45) is 2.23. The quantitative estimate of drug-likeness (QED) is 0.393. The van der Waals surface area contributed by atoms with E-state index in [1.54, 1.807) is 7.11 Å². The van der Waals surface area contributed by atoms with Crippen LogP contribution in [-0.4, -0.2) is 63.2 Å². The fourth-order valence-corrected chi connectivity index (χ4v) is 1.83. The van der Waals surface area contributed by atoms with E-state index in [9.17, 15) is 4.79 Å². The van der Waals surface area contributed by atoms with Crippen molar-refractivity contribution in [2.45, 2.75) is 19.8 Å². The average Bonchev–Trinajstić information content (AvgIpc) is 2.89. The lowest BCUT2D eigenvalue weighted by molar-refractivity contribution is -0.128. The molecule has 0 atom stereocenters. The highest BCUT2D eigenvalue weighted by molar-refractivity contribution is 5.85. The number of ether oxygens (including phenoxy) is 1. The molecule has 6 heteroatoms. The minimum Gasteiger partial charge on any atom is -0.383 e. The normalized spacial score (nSPS) is 15.9. The molecule has 0 radical (unpaired) electrons. The van der Waals surface area contributed by atoms with Gasteiger partial charge in [0.25, 0.3) is 0 Å². The molecule has 1 amide bonds. The molecular formula is C12H24N4O2. The maximum absolute atomic E-state index is 11.8. The van der Waals surface area contributed by atoms with Crippen molar-refractivity contribution in [3.8, 4) is 0 Å². The number of guanidine groups is 1. The fraction of sp³-hybridized carbons (Fsp3) is 0.833. The first-order valence-electron chi connectivity index (χ1n) is 6.56. The largest absolute Gasteiger partial charge is 0.383 e. The molecule has 6 nitrogen and oxygen atoms in total. The Bertz CT molecular complexity index is 275. The highest BCUT2D eigenvalue weighted by Crippen LogP contribution is 2.07. The highest BCUT2D eigenvalue weighted by atomic mass is 16.5. The SMILES string of the molecule is CCNC(=NCC(=O)N1CCCC1)NCCOC. The molecule has 1 aliphatic heterocycles. The van der Waals surface area contributed by atoms with E-state index in [-0.39, 0.29) is 12.5 Å². The number of amides is 1. The first kappa shape index (κ1) is 14.8. The number of hydrogen-bond donors (Lipinski definition) is 2. The lowest BCUT2D eigenvalue weighted by Crippen LogP contribution is -2.40. The van der Waals surface area contributed by atoms with Gasteiger partial charge in [0, 0.05) is 33.3 Å². The van der Waals surface area contributed by atoms with Crippen molar-refractivity contribution >= 4 is 11.9 Å². The number of aliphatic imine (C=N–C) groups is 1. The Morgan fingerprint density at radius 1 is 1.33 bits per heavy atom. The number of rotatable bonds is 6. The van der Waals surface area contributed by atoms with E-state index >= 15 is 0 Å². The van der Waals surface area contributed by atoms with Crippen LogP contribution in [-0.2, 0) is 9.53 Å². The fourth-order valence-electron chi connectivity index (χ4n) is 1.83. The number of likely N-dealkylation sites (tertiary alicyclic amines) is 1. The smallest absolute Gasteiger partial charge is 0.244 e. The lowest BCUT2D eigenvalue weighted by atomic mass is 10.4. The van der Waals surface area contributed by atoms with E-state index < -0.39 is 0 Å². The predicted octanol–water partition coefficient (Wildman–Crippen LogP) is -0.190. The Morgan fingerprint density at radius 2 is 2.06 bits per heavy atom. The topological polar surface area (TPSA) is 66.0 Å². The van der Waals surface area contributed by atoms with Crippen LogP contribution in [0.3, 0.4) is 0 Å². The van der Waals surface area contributed by atoms with Crippen LogP contribution >= 0.6 is 0 Å². The summed E-state index contributed by atoms with van der Waals surface area (Å²) in [5, 5.41) is 6.21. The number of hydrogen-bond acceptors (Lipinski definition) is 3. The van der Waals surface area contributed by atoms with E-state index in [1.807, 2.05) is 11.8 Å². The van der Waals surface area contributed by atoms with Gasteiger partial charge < -0.3 is 20.3 Å². The predicted molar refractivity (Wildman–Crippen MR) is 71.7 cm³/mol. The van der Waals surface area contributed by atoms with E-state index in [0.29, 0.717) is 19.1 Å². The van der Waals surface area contributed by atoms with E-state index in [2.05, 4.69) is 15.6 Å². The van der Waals surface area contributed by atoms with Gasteiger partial charge in [-0.2, -0.15) is 0 Å². The van der Waals surface area contributed by atoms with Crippen molar-refractivity contribution in [3.05, 3.63) is 0 Å². The third kappa shape index (κ3) is 5.35. The van der Waals surface area contributed by atoms with Crippen molar-refractivity contribution in [1.82, 2.24) is 15.5 Å². The third-order valence-electron chi connectivity index (χ3n) is 2.77. The zero-order valence-corrected chi connectivity index (χ0v) is 11.4. The molecule has 0 aromatic rings. The second kappa shape index (κ2) is 8.74. The molecular weight excluding hydrogens is 232 g/mol. The molecule has 0 aromatic heterocycles. The van der Waals surface area contributed by atoms with Crippen LogP contribution < -0.4 is 10.6 Å². The number of methoxy groups -OCH3 is 1. The highest BCUT2D eigenvalue weighted by Gasteiger charge is 2.17. The maximum atomic E-state index is 11.8. The molecule has 1 heterocycles. The van der Waals surface area contributed by atoms with Crippen molar-refractivity contribution in [2.24, 2.45) is 4.99 Å². The molecule has 0 unspecified atom stereocenters. The van der Waals surface area contributed by atoms with Crippen molar-refractivity contribution in [3.63, 3.8) is 0 Å². The summed E-state index contributed by atoms with van der Waals surface area (Å²) in [5.74, 6) is 0.776. The Morgan fingerprint density at radius 3 is 2.67 bits per heavy atom. The molecule has 0 spiro atoms. The van der Waals surface area contributed by atoms with Gasteiger partial charge in [-0.1, -0.05) is 0 Å². The summed E-state index contributed by atoms with van der Waals surface area (Å²) < 4.78 is 4.96. The molecule has 1 saturated heterocycles. The molecule has 1 rings (SSSR count). The Kier molecular flexibility index (Phi) is 7.17. The Labute approximate surface area is 109 Å². The molecule has 0 bridgehead atoms. The van der Waals surface area contributed by atoms with E-state index in [1.165, 1.54) is 0 Å². The van der Waals surface area contributed by atoms with E-state index in [4.69, 9.17) is 4.74 Å². The van der Waals surface area contributed by atoms with Gasteiger partial charge in [-0.25, -0.2) is 4.99 Å². The van der Waals surface area contributed by atoms with Gasteiger partial charge in [-0.3, -0.25) is 4.79 Å². The van der Waals surface area contributed by atoms with E-state index in [0.717, 1.165) is 32.5 Å². The summed E-state index contributed by atoms with van der Waals surface area (Å²) >= 11 is 0. The van der Waals surface area contributed by atoms with Crippen LogP contribution in [0.5, 0.6) is 0 Å². The summed E-state index contributed by atoms with van der Waals surface area (Å²) in [4.78, 5) is 18.0. The van der Waals surface area contributed by atoms with Crippen molar-refractivity contribution in [1.29, 1.82) is 0 Å². The molecule has 1 fully saturated rings. The number of carbonyl (C=O) groups is 1. The van der Waals surface area contributed by atoms with Crippen LogP contribution in [0.4, 0.5) is 0 Å². The van der Waals surface area contributed by atoms with Gasteiger partial charge >= 0.3 is 0 Å². The summed E-state index contributed by atoms with van der Waals surface area (Å²) in [6, 6.07) is 0. The zero-order chi connectivity index (χ0) is 13.2. The molecule has 104 valence electrons. The molecule has 2 N–H and O–H groups in total. The third-order valence-corrected chi connectivity index (χ3v) is 2.77. The maximum Gasteiger partial charge on any atom is 0.244 e. The van der Waals surface area contributed by atoms with Crippen LogP contribution in [0, 0.1) is 0 Å². The van der Waals surface area contributed by atoms with Gasteiger partial charge in [-0.15, -0.1) is 0 Å². The van der Waals surface area contributed by atoms with Crippen LogP contribution in [0.15, 0.2) is 4.99 Å². The summed E-state index contributed by atoms with van der Waals surface area (Å²) in [5.41, 5.74) is 0. The average molecular weight is 256 g/mol. The first-order valence-corrected chi connectivity index (χ1v) is 6.56. The molecule has 0 saturated carbocycles. The van der Waals surface area contributed by atoms with Crippen molar-refractivity contribution < 1.29 is 9.53 Å². The minimum absolute atomic E-state index is 0.108. The number of nitrogens with zero attached hydrogens (tertiary/aromatic N) is 2. The van der Waals surface area contributed by atoms with Gasteiger partial charge in [-0.05, 0) is 19.8 Å². The van der Waals surface area contributed by atoms with Crippen molar-refractivity contribution in [2.75, 3.05) is 46.4 Å². The van der Waals surface area contributed by atoms with Crippen LogP contribution in [0.2, 0.25) is 0 Å². The van der Waals surface area contributed by atoms with Gasteiger partial charge in [0.15, 0.2) is 5.96 Å². The van der Waals surface area contributed by atoms with Crippen LogP contribution in [0.1, 0.15) is 19.8 Å². The summed E-state index contributed by atoms with van der Waals surface area (Å²) in [6.45, 7) is 6.03. The van der Waals surface area contributed by atoms with Gasteiger partial charge in [0.2, 0.25) is 5.91 Å². The second-order valence-corrected chi connectivity index (χ2v) is 4.20. The minimum atomic E-state index is 0.108. The van der Waals surface area contributed by atoms with Gasteiger partial charge in [0.1, 0.15) is 6.54 Å². The molecule has 0 aromatic carbocycles. The zero-order valence-electron chi connectivity index (χ0n) is 11.4. The number of carbonyl (C=O) groups excluding carboxylic acids is 1. The molecule has 0 aliphatic carbocycles. The Hall–Kier alpha value is -1.30. The monoisotopic (exact) mass is 256 g/mol. The van der Waals surface area contributed by atoms with Crippen LogP contribution in [0.25, 0.3) is 0 Å². The molecule has 18 heavy (non-hydrogen) atoms. The van der Waals surface area contributed by atoms with Gasteiger partial charge in [0.05, 0.1) is 6.61 Å². The Balaban J connectivity index is 2.35. The first-order chi connectivity index (χ1) is 8.77. The summed E-state index contributed by atoms with van der Waals surface area (Å²) in [7, 11) is 1.66. The molecule has 1 aliphatic rings. The number of nitrogens with one attached hydrogen (secondary N) is 2. The second-order valence-electron chi connectivity index (χ2n) is 4.20.